The topological polar surface area (TPSA) is 216 Å². The van der Waals surface area contributed by atoms with Gasteiger partial charge in [0.15, 0.2) is 0 Å². The number of hydrogen-bond donors (Lipinski definition) is 3. The Hall–Kier alpha value is -7.74. The molecule has 1 unspecified atom stereocenters. The Kier molecular flexibility index (Phi) is 13.3. The van der Waals surface area contributed by atoms with Crippen LogP contribution in [0.5, 0.6) is 5.75 Å². The van der Waals surface area contributed by atoms with Crippen molar-refractivity contribution in [3.05, 3.63) is 119 Å². The monoisotopic (exact) mass is 1090 g/mol. The molecule has 0 aliphatic carbocycles. The molecule has 0 spiro atoms. The van der Waals surface area contributed by atoms with Gasteiger partial charge in [0, 0.05) is 131 Å². The molecule has 7 aromatic rings. The van der Waals surface area contributed by atoms with Crippen molar-refractivity contribution >= 4 is 103 Å². The predicted molar refractivity (Wildman–Crippen MR) is 292 cm³/mol. The molecule has 3 saturated heterocycles. The number of aryl methyl sites for hydroxylation is 1. The van der Waals surface area contributed by atoms with Crippen LogP contribution in [-0.2, 0) is 27.7 Å². The lowest BCUT2D eigenvalue weighted by molar-refractivity contribution is -0.136. The van der Waals surface area contributed by atoms with Crippen molar-refractivity contribution < 1.29 is 28.5 Å². The number of piperidine rings is 1. The maximum Gasteiger partial charge on any atom is 0.262 e. The molecule has 0 bridgehead atoms. The SMILES string of the molecule is COc1cc(N2CCN(Cc3ccc(N4CCN(c5ccc6c(c5)C(=O)N(C5CCC(=O)NC5=O)C6=O)CC4)cc3)CC2)c(-c2cnn(C)c2)cc1Nc1ncc(Br)c(Nc2ccc3nccnc3c2P(C)(C)=O)n1. The fourth-order valence-corrected chi connectivity index (χ4v) is 12.1. The minimum absolute atomic E-state index is 0.0792. The number of anilines is 7. The lowest BCUT2D eigenvalue weighted by atomic mass is 10.0. The van der Waals surface area contributed by atoms with Gasteiger partial charge in [-0.3, -0.25) is 48.9 Å². The van der Waals surface area contributed by atoms with E-state index in [0.29, 0.717) is 49.7 Å². The minimum atomic E-state index is -2.82. The maximum atomic E-state index is 13.6. The van der Waals surface area contributed by atoms with E-state index in [-0.39, 0.29) is 24.0 Å². The van der Waals surface area contributed by atoms with E-state index in [1.165, 1.54) is 5.56 Å². The summed E-state index contributed by atoms with van der Waals surface area (Å²) in [6.07, 6.45) is 8.94. The van der Waals surface area contributed by atoms with E-state index in [2.05, 4.69) is 108 Å². The Balaban J connectivity index is 0.728. The van der Waals surface area contributed by atoms with Gasteiger partial charge in [0.05, 0.1) is 51.1 Å². The Morgan fingerprint density at radius 3 is 2.17 bits per heavy atom. The van der Waals surface area contributed by atoms with Gasteiger partial charge in [-0.15, -0.1) is 0 Å². The second kappa shape index (κ2) is 20.2. The molecule has 4 aliphatic heterocycles. The minimum Gasteiger partial charge on any atom is -0.494 e. The van der Waals surface area contributed by atoms with Crippen LogP contribution in [0.15, 0.2) is 102 Å². The number of rotatable bonds is 13. The van der Waals surface area contributed by atoms with Gasteiger partial charge in [-0.2, -0.15) is 10.1 Å². The second-order valence-electron chi connectivity index (χ2n) is 19.4. The van der Waals surface area contributed by atoms with Crippen molar-refractivity contribution in [3.63, 3.8) is 0 Å². The first-order valence-electron chi connectivity index (χ1n) is 24.7. The molecular formula is C53H54BrN14O6P. The highest BCUT2D eigenvalue weighted by atomic mass is 79.9. The summed E-state index contributed by atoms with van der Waals surface area (Å²) < 4.78 is 22.1. The van der Waals surface area contributed by atoms with E-state index in [4.69, 9.17) is 9.72 Å². The molecule has 7 heterocycles. The second-order valence-corrected chi connectivity index (χ2v) is 23.4. The number of halogens is 1. The Morgan fingerprint density at radius 1 is 0.760 bits per heavy atom. The van der Waals surface area contributed by atoms with Crippen LogP contribution >= 0.6 is 23.1 Å². The van der Waals surface area contributed by atoms with Crippen LogP contribution in [-0.4, -0.2) is 142 Å². The van der Waals surface area contributed by atoms with Crippen LogP contribution in [0, 0.1) is 0 Å². The maximum absolute atomic E-state index is 13.6. The molecule has 0 saturated carbocycles. The Labute approximate surface area is 441 Å². The summed E-state index contributed by atoms with van der Waals surface area (Å²) in [4.78, 5) is 79.8. The molecule has 75 heavy (non-hydrogen) atoms. The molecule has 11 rings (SSSR count). The van der Waals surface area contributed by atoms with Gasteiger partial charge >= 0.3 is 0 Å². The predicted octanol–water partition coefficient (Wildman–Crippen LogP) is 6.38. The highest BCUT2D eigenvalue weighted by molar-refractivity contribution is 9.10. The summed E-state index contributed by atoms with van der Waals surface area (Å²) in [5, 5.41) is 14.1. The van der Waals surface area contributed by atoms with Gasteiger partial charge in [-0.1, -0.05) is 12.1 Å². The van der Waals surface area contributed by atoms with Gasteiger partial charge in [0.25, 0.3) is 11.8 Å². The molecule has 384 valence electrons. The molecule has 4 amide bonds. The number of ether oxygens (including phenoxy) is 1. The van der Waals surface area contributed by atoms with E-state index in [1.54, 1.807) is 55.8 Å². The molecule has 1 atom stereocenters. The molecular weight excluding hydrogens is 1040 g/mol. The van der Waals surface area contributed by atoms with Crippen LogP contribution in [0.3, 0.4) is 0 Å². The summed E-state index contributed by atoms with van der Waals surface area (Å²) >= 11 is 3.61. The van der Waals surface area contributed by atoms with Crippen molar-refractivity contribution in [1.82, 2.24) is 44.8 Å². The summed E-state index contributed by atoms with van der Waals surface area (Å²) in [5.41, 5.74) is 9.27. The number of benzene rings is 4. The Bertz CT molecular complexity index is 3460. The number of amides is 4. The number of hydrogen-bond acceptors (Lipinski definition) is 17. The normalized spacial score (nSPS) is 17.4. The zero-order valence-electron chi connectivity index (χ0n) is 41.8. The first-order valence-corrected chi connectivity index (χ1v) is 28.1. The number of nitrogens with zero attached hydrogens (tertiary/aromatic N) is 11. The number of carbonyl (C=O) groups excluding carboxylic acids is 4. The van der Waals surface area contributed by atoms with Crippen molar-refractivity contribution in [3.8, 4) is 16.9 Å². The van der Waals surface area contributed by atoms with Crippen LogP contribution in [0.25, 0.3) is 22.2 Å². The standard InChI is InChI=1S/C53H54BrN14O6P/c1-63-31-33(28-58-63)37-26-42(60-53-57-29-39(54)49(62-53)59-41-12-11-40-47(56-16-15-55-40)48(41)75(3,4)73)45(74-2)27-44(37)67-19-17-64(18-20-67)30-32-5-7-34(8-6-32)65-21-23-66(24-22-65)35-9-10-36-38(25-35)52(72)68(51(36)71)43-13-14-46(69)61-50(43)70/h5-12,15-16,25-29,31,43H,13-14,17-24,30H2,1-4H3,(H,61,69,70)(H2,57,59,60,62). The van der Waals surface area contributed by atoms with Crippen molar-refractivity contribution in [2.45, 2.75) is 25.4 Å². The smallest absolute Gasteiger partial charge is 0.262 e. The van der Waals surface area contributed by atoms with Crippen LogP contribution in [0.1, 0.15) is 39.1 Å². The fraction of sp³-hybridized carbons (Fsp3) is 0.302. The highest BCUT2D eigenvalue weighted by Gasteiger charge is 2.45. The van der Waals surface area contributed by atoms with Gasteiger partial charge in [0.2, 0.25) is 17.8 Å². The number of aromatic nitrogens is 6. The largest absolute Gasteiger partial charge is 0.494 e. The van der Waals surface area contributed by atoms with Gasteiger partial charge in [-0.25, -0.2) is 4.98 Å². The summed E-state index contributed by atoms with van der Waals surface area (Å²) in [7, 11) is 0.734. The third-order valence-corrected chi connectivity index (χ3v) is 16.3. The lowest BCUT2D eigenvalue weighted by Gasteiger charge is -2.38. The van der Waals surface area contributed by atoms with Gasteiger partial charge in [0.1, 0.15) is 30.3 Å². The van der Waals surface area contributed by atoms with Crippen molar-refractivity contribution in [2.75, 3.05) is 98.1 Å². The number of carbonyl (C=O) groups is 4. The van der Waals surface area contributed by atoms with Crippen molar-refractivity contribution in [2.24, 2.45) is 7.05 Å². The molecule has 3 aromatic heterocycles. The lowest BCUT2D eigenvalue weighted by Crippen LogP contribution is -2.54. The number of nitrogens with one attached hydrogen (secondary N) is 3. The highest BCUT2D eigenvalue weighted by Crippen LogP contribution is 2.43. The average molecular weight is 1090 g/mol. The van der Waals surface area contributed by atoms with Crippen LogP contribution in [0.4, 0.5) is 40.2 Å². The summed E-state index contributed by atoms with van der Waals surface area (Å²) in [6, 6.07) is 20.9. The van der Waals surface area contributed by atoms with E-state index in [9.17, 15) is 23.7 Å². The average Bonchev–Trinajstić information content (AvgIpc) is 3.96. The molecule has 3 N–H and O–H groups in total. The molecule has 20 nitrogen and oxygen atoms in total. The molecule has 4 aliphatic rings. The van der Waals surface area contributed by atoms with Gasteiger partial charge in [-0.05, 0) is 89.8 Å². The van der Waals surface area contributed by atoms with Crippen molar-refractivity contribution in [1.29, 1.82) is 0 Å². The Morgan fingerprint density at radius 2 is 1.47 bits per heavy atom. The fourth-order valence-electron chi connectivity index (χ4n) is 10.4. The van der Waals surface area contributed by atoms with Gasteiger partial charge < -0.3 is 34.6 Å². The molecule has 22 heteroatoms. The number of imide groups is 2. The first kappa shape index (κ1) is 49.5. The van der Waals surface area contributed by atoms with E-state index >= 15 is 0 Å². The number of piperazine rings is 2. The summed E-state index contributed by atoms with van der Waals surface area (Å²) in [5.74, 6) is -0.615. The summed E-state index contributed by atoms with van der Waals surface area (Å²) in [6.45, 7) is 10.6. The zero-order valence-corrected chi connectivity index (χ0v) is 44.3. The van der Waals surface area contributed by atoms with E-state index in [1.807, 2.05) is 37.6 Å². The van der Waals surface area contributed by atoms with Crippen LogP contribution < -0.4 is 40.7 Å². The quantitative estimate of drug-likeness (QED) is 0.0844. The first-order chi connectivity index (χ1) is 36.2. The third kappa shape index (κ3) is 9.90. The number of fused-ring (bicyclic) bond motifs is 2. The molecule has 4 aromatic carbocycles. The van der Waals surface area contributed by atoms with E-state index in [0.717, 1.165) is 92.0 Å². The zero-order chi connectivity index (χ0) is 52.1. The van der Waals surface area contributed by atoms with E-state index < -0.39 is 36.8 Å². The molecule has 0 radical (unpaired) electrons. The third-order valence-electron chi connectivity index (χ3n) is 14.2. The van der Waals surface area contributed by atoms with Crippen LogP contribution in [0.2, 0.25) is 0 Å². The number of methoxy groups -OCH3 is 1. The molecule has 3 fully saturated rings.